The van der Waals surface area contributed by atoms with Gasteiger partial charge in [-0.05, 0) is 48.4 Å². The molecule has 1 aromatic heterocycles. The zero-order valence-corrected chi connectivity index (χ0v) is 17.2. The molecule has 0 radical (unpaired) electrons. The van der Waals surface area contributed by atoms with Gasteiger partial charge in [0, 0.05) is 32.4 Å². The summed E-state index contributed by atoms with van der Waals surface area (Å²) in [6.45, 7) is 2.38. The van der Waals surface area contributed by atoms with Crippen LogP contribution in [0.1, 0.15) is 34.5 Å². The number of esters is 1. The van der Waals surface area contributed by atoms with E-state index in [2.05, 4.69) is 9.64 Å². The Kier molecular flexibility index (Phi) is 6.18. The Morgan fingerprint density at radius 3 is 2.44 bits per heavy atom. The Morgan fingerprint density at radius 1 is 1.15 bits per heavy atom. The van der Waals surface area contributed by atoms with Crippen LogP contribution in [0, 0.1) is 0 Å². The van der Waals surface area contributed by atoms with Gasteiger partial charge in [-0.2, -0.15) is 4.31 Å². The number of carbonyl (C=O) groups excluding carboxylic acids is 1. The molecule has 3 rings (SSSR count). The van der Waals surface area contributed by atoms with Gasteiger partial charge >= 0.3 is 5.97 Å². The lowest BCUT2D eigenvalue weighted by atomic mass is 10.1. The first-order chi connectivity index (χ1) is 12.9. The van der Waals surface area contributed by atoms with Crippen molar-refractivity contribution in [1.29, 1.82) is 0 Å². The number of nitrogens with zero attached hydrogens (tertiary/aromatic N) is 2. The van der Waals surface area contributed by atoms with Gasteiger partial charge in [0.15, 0.2) is 0 Å². The average molecular weight is 409 g/mol. The van der Waals surface area contributed by atoms with Crippen molar-refractivity contribution in [3.8, 4) is 0 Å². The highest BCUT2D eigenvalue weighted by Crippen LogP contribution is 2.27. The van der Waals surface area contributed by atoms with E-state index < -0.39 is 16.0 Å². The standard InChI is InChI=1S/C19H24N2O4S2/c1-20(27(23,24)17-10-13-26-18(17)19(22)25-2)14-15-6-8-16(9-7-15)21-11-4-3-5-12-21/h6-10,13H,3-5,11-12,14H2,1-2H3. The minimum absolute atomic E-state index is 0.00760. The van der Waals surface area contributed by atoms with E-state index in [1.165, 1.54) is 49.5 Å². The number of anilines is 1. The lowest BCUT2D eigenvalue weighted by molar-refractivity contribution is 0.0602. The zero-order chi connectivity index (χ0) is 19.4. The first-order valence-corrected chi connectivity index (χ1v) is 11.2. The molecule has 1 aromatic carbocycles. The Labute approximate surface area is 164 Å². The third kappa shape index (κ3) is 4.34. The molecule has 0 aliphatic carbocycles. The molecule has 0 N–H and O–H groups in total. The molecular weight excluding hydrogens is 384 g/mol. The molecule has 8 heteroatoms. The van der Waals surface area contributed by atoms with Gasteiger partial charge in [-0.15, -0.1) is 11.3 Å². The first-order valence-electron chi connectivity index (χ1n) is 8.89. The monoisotopic (exact) mass is 408 g/mol. The van der Waals surface area contributed by atoms with Crippen LogP contribution in [0.2, 0.25) is 0 Å². The molecule has 6 nitrogen and oxygen atoms in total. The summed E-state index contributed by atoms with van der Waals surface area (Å²) in [5, 5.41) is 1.58. The molecule has 2 heterocycles. The van der Waals surface area contributed by atoms with Crippen molar-refractivity contribution in [3.05, 3.63) is 46.2 Å². The molecule has 27 heavy (non-hydrogen) atoms. The number of carbonyl (C=O) groups is 1. The fraction of sp³-hybridized carbons (Fsp3) is 0.421. The summed E-state index contributed by atoms with van der Waals surface area (Å²) in [5.74, 6) is -0.636. The average Bonchev–Trinajstić information content (AvgIpc) is 3.19. The summed E-state index contributed by atoms with van der Waals surface area (Å²) < 4.78 is 31.7. The Morgan fingerprint density at radius 2 is 1.81 bits per heavy atom. The van der Waals surface area contributed by atoms with Crippen LogP contribution in [0.3, 0.4) is 0 Å². The van der Waals surface area contributed by atoms with Crippen LogP contribution < -0.4 is 4.90 Å². The molecule has 0 bridgehead atoms. The molecular formula is C19H24N2O4S2. The second kappa shape index (κ2) is 8.41. The van der Waals surface area contributed by atoms with Gasteiger partial charge in [0.2, 0.25) is 10.0 Å². The summed E-state index contributed by atoms with van der Waals surface area (Å²) in [7, 11) is -1.02. The van der Waals surface area contributed by atoms with Gasteiger partial charge in [-0.3, -0.25) is 0 Å². The number of hydrogen-bond acceptors (Lipinski definition) is 6. The fourth-order valence-corrected chi connectivity index (χ4v) is 5.68. The lowest BCUT2D eigenvalue weighted by Gasteiger charge is -2.29. The maximum Gasteiger partial charge on any atom is 0.349 e. The normalized spacial score (nSPS) is 15.1. The van der Waals surface area contributed by atoms with Crippen molar-refractivity contribution >= 4 is 33.0 Å². The number of methoxy groups -OCH3 is 1. The lowest BCUT2D eigenvalue weighted by Crippen LogP contribution is -2.29. The number of sulfonamides is 1. The second-order valence-electron chi connectivity index (χ2n) is 6.58. The SMILES string of the molecule is COC(=O)c1sccc1S(=O)(=O)N(C)Cc1ccc(N2CCCCC2)cc1. The van der Waals surface area contributed by atoms with Gasteiger partial charge in [0.1, 0.15) is 9.77 Å². The van der Waals surface area contributed by atoms with Crippen molar-refractivity contribution in [2.75, 3.05) is 32.1 Å². The van der Waals surface area contributed by atoms with Gasteiger partial charge < -0.3 is 9.64 Å². The topological polar surface area (TPSA) is 66.9 Å². The molecule has 0 spiro atoms. The summed E-state index contributed by atoms with van der Waals surface area (Å²) in [6, 6.07) is 9.47. The molecule has 1 saturated heterocycles. The summed E-state index contributed by atoms with van der Waals surface area (Å²) >= 11 is 1.06. The number of ether oxygens (including phenoxy) is 1. The van der Waals surface area contributed by atoms with Crippen molar-refractivity contribution in [3.63, 3.8) is 0 Å². The molecule has 1 aliphatic heterocycles. The van der Waals surface area contributed by atoms with Gasteiger partial charge in [0.05, 0.1) is 7.11 Å². The Bertz CT molecular complexity index is 885. The molecule has 1 aliphatic rings. The molecule has 0 unspecified atom stereocenters. The number of benzene rings is 1. The van der Waals surface area contributed by atoms with Crippen molar-refractivity contribution in [2.24, 2.45) is 0 Å². The Balaban J connectivity index is 1.73. The first kappa shape index (κ1) is 19.9. The van der Waals surface area contributed by atoms with Gasteiger partial charge in [-0.25, -0.2) is 13.2 Å². The maximum absolute atomic E-state index is 12.9. The van der Waals surface area contributed by atoms with E-state index in [9.17, 15) is 13.2 Å². The third-order valence-corrected chi connectivity index (χ3v) is 7.62. The summed E-state index contributed by atoms with van der Waals surface area (Å²) in [4.78, 5) is 14.3. The highest BCUT2D eigenvalue weighted by atomic mass is 32.2. The van der Waals surface area contributed by atoms with E-state index in [1.807, 2.05) is 24.3 Å². The molecule has 0 atom stereocenters. The molecule has 0 amide bonds. The third-order valence-electron chi connectivity index (χ3n) is 4.75. The zero-order valence-electron chi connectivity index (χ0n) is 15.6. The number of hydrogen-bond donors (Lipinski definition) is 0. The molecule has 0 saturated carbocycles. The van der Waals surface area contributed by atoms with E-state index in [0.717, 1.165) is 30.0 Å². The maximum atomic E-state index is 12.9. The predicted octanol–water partition coefficient (Wildman–Crippen LogP) is 3.35. The van der Waals surface area contributed by atoms with E-state index >= 15 is 0 Å². The van der Waals surface area contributed by atoms with E-state index in [1.54, 1.807) is 5.38 Å². The number of thiophene rings is 1. The van der Waals surface area contributed by atoms with Crippen LogP contribution in [0.4, 0.5) is 5.69 Å². The highest BCUT2D eigenvalue weighted by Gasteiger charge is 2.28. The minimum atomic E-state index is -3.78. The van der Waals surface area contributed by atoms with E-state index in [4.69, 9.17) is 0 Å². The molecule has 1 fully saturated rings. The smallest absolute Gasteiger partial charge is 0.349 e. The van der Waals surface area contributed by atoms with Crippen LogP contribution in [0.5, 0.6) is 0 Å². The number of piperidine rings is 1. The van der Waals surface area contributed by atoms with Crippen molar-refractivity contribution in [1.82, 2.24) is 4.31 Å². The highest BCUT2D eigenvalue weighted by molar-refractivity contribution is 7.89. The van der Waals surface area contributed by atoms with Gasteiger partial charge in [0.25, 0.3) is 0 Å². The molecule has 2 aromatic rings. The largest absolute Gasteiger partial charge is 0.465 e. The van der Waals surface area contributed by atoms with Crippen LogP contribution >= 0.6 is 11.3 Å². The fourth-order valence-electron chi connectivity index (χ4n) is 3.22. The second-order valence-corrected chi connectivity index (χ2v) is 9.51. The minimum Gasteiger partial charge on any atom is -0.465 e. The van der Waals surface area contributed by atoms with Crippen LogP contribution in [-0.4, -0.2) is 45.9 Å². The van der Waals surface area contributed by atoms with E-state index in [0.29, 0.717) is 0 Å². The predicted molar refractivity (Wildman–Crippen MR) is 107 cm³/mol. The number of rotatable bonds is 6. The van der Waals surface area contributed by atoms with E-state index in [-0.39, 0.29) is 16.3 Å². The summed E-state index contributed by atoms with van der Waals surface area (Å²) in [6.07, 6.45) is 3.71. The van der Waals surface area contributed by atoms with Crippen molar-refractivity contribution < 1.29 is 17.9 Å². The molecule has 146 valence electrons. The van der Waals surface area contributed by atoms with Crippen LogP contribution in [-0.2, 0) is 21.3 Å². The van der Waals surface area contributed by atoms with Gasteiger partial charge in [-0.1, -0.05) is 12.1 Å². The van der Waals surface area contributed by atoms with Crippen LogP contribution in [0.25, 0.3) is 0 Å². The van der Waals surface area contributed by atoms with Crippen LogP contribution in [0.15, 0.2) is 40.6 Å². The Hall–Kier alpha value is -1.90. The van der Waals surface area contributed by atoms with Crippen molar-refractivity contribution in [2.45, 2.75) is 30.7 Å². The quantitative estimate of drug-likeness (QED) is 0.686. The summed E-state index contributed by atoms with van der Waals surface area (Å²) in [5.41, 5.74) is 2.08.